The summed E-state index contributed by atoms with van der Waals surface area (Å²) in [5.74, 6) is -0.957. The fraction of sp³-hybridized carbons (Fsp3) is 0.286. The van der Waals surface area contributed by atoms with Crippen molar-refractivity contribution in [2.45, 2.75) is 18.9 Å². The molecule has 1 amide bonds. The number of carbonyl (C=O) groups is 2. The number of hydrogen-bond acceptors (Lipinski definition) is 3. The van der Waals surface area contributed by atoms with Crippen LogP contribution in [0.3, 0.4) is 0 Å². The number of rotatable bonds is 7. The van der Waals surface area contributed by atoms with E-state index in [9.17, 15) is 9.59 Å². The maximum Gasteiger partial charge on any atom is 0.407 e. The highest BCUT2D eigenvalue weighted by atomic mass is 35.5. The molecule has 1 unspecified atom stereocenters. The lowest BCUT2D eigenvalue weighted by Crippen LogP contribution is -2.29. The van der Waals surface area contributed by atoms with Crippen LogP contribution in [0.1, 0.15) is 24.4 Å². The van der Waals surface area contributed by atoms with Gasteiger partial charge in [-0.15, -0.1) is 0 Å². The van der Waals surface area contributed by atoms with E-state index in [4.69, 9.17) is 33.0 Å². The van der Waals surface area contributed by atoms with Crippen LogP contribution in [-0.4, -0.2) is 23.8 Å². The highest BCUT2D eigenvalue weighted by Crippen LogP contribution is 2.27. The normalized spacial score (nSPS) is 11.5. The summed E-state index contributed by atoms with van der Waals surface area (Å²) in [6, 6.07) is 4.32. The van der Waals surface area contributed by atoms with E-state index < -0.39 is 18.1 Å². The first kappa shape index (κ1) is 17.3. The molecule has 1 aromatic rings. The van der Waals surface area contributed by atoms with Crippen LogP contribution in [-0.2, 0) is 9.53 Å². The van der Waals surface area contributed by atoms with Crippen molar-refractivity contribution in [3.8, 4) is 0 Å². The monoisotopic (exact) mass is 331 g/mol. The predicted molar refractivity (Wildman–Crippen MR) is 80.8 cm³/mol. The lowest BCUT2D eigenvalue weighted by molar-refractivity contribution is -0.137. The number of hydrogen-bond donors (Lipinski definition) is 2. The van der Waals surface area contributed by atoms with Crippen molar-refractivity contribution in [2.75, 3.05) is 6.61 Å². The molecule has 0 spiro atoms. The molecular formula is C14H15Cl2NO4. The van der Waals surface area contributed by atoms with Crippen molar-refractivity contribution in [3.05, 3.63) is 46.5 Å². The molecule has 1 rings (SSSR count). The Morgan fingerprint density at radius 1 is 1.38 bits per heavy atom. The van der Waals surface area contributed by atoms with Gasteiger partial charge in [0, 0.05) is 6.42 Å². The van der Waals surface area contributed by atoms with E-state index >= 15 is 0 Å². The summed E-state index contributed by atoms with van der Waals surface area (Å²) >= 11 is 11.8. The van der Waals surface area contributed by atoms with Gasteiger partial charge in [-0.3, -0.25) is 4.79 Å². The van der Waals surface area contributed by atoms with Crippen LogP contribution in [0.2, 0.25) is 10.0 Å². The minimum atomic E-state index is -0.957. The third-order valence-corrected chi connectivity index (χ3v) is 3.36. The van der Waals surface area contributed by atoms with Crippen LogP contribution in [0, 0.1) is 0 Å². The van der Waals surface area contributed by atoms with Gasteiger partial charge in [0.05, 0.1) is 16.1 Å². The predicted octanol–water partition coefficient (Wildman–Crippen LogP) is 3.81. The molecule has 0 fully saturated rings. The molecule has 2 N–H and O–H groups in total. The summed E-state index contributed by atoms with van der Waals surface area (Å²) in [5, 5.41) is 12.1. The van der Waals surface area contributed by atoms with Gasteiger partial charge in [-0.2, -0.15) is 0 Å². The van der Waals surface area contributed by atoms with Crippen molar-refractivity contribution >= 4 is 35.3 Å². The zero-order chi connectivity index (χ0) is 15.8. The Hall–Kier alpha value is -1.72. The summed E-state index contributed by atoms with van der Waals surface area (Å²) < 4.78 is 4.83. The van der Waals surface area contributed by atoms with Crippen molar-refractivity contribution in [2.24, 2.45) is 0 Å². The van der Waals surface area contributed by atoms with E-state index in [0.717, 1.165) is 0 Å². The molecule has 114 valence electrons. The maximum absolute atomic E-state index is 11.6. The number of carbonyl (C=O) groups excluding carboxylic acids is 1. The maximum atomic E-state index is 11.6. The van der Waals surface area contributed by atoms with Gasteiger partial charge in [0.25, 0.3) is 0 Å². The molecule has 5 nitrogen and oxygen atoms in total. The van der Waals surface area contributed by atoms with Gasteiger partial charge >= 0.3 is 12.1 Å². The van der Waals surface area contributed by atoms with E-state index in [1.165, 1.54) is 6.08 Å². The van der Waals surface area contributed by atoms with Gasteiger partial charge in [0.15, 0.2) is 0 Å². The van der Waals surface area contributed by atoms with Crippen LogP contribution < -0.4 is 5.32 Å². The lowest BCUT2D eigenvalue weighted by atomic mass is 10.0. The molecule has 0 aliphatic rings. The second-order valence-electron chi connectivity index (χ2n) is 4.19. The second kappa shape index (κ2) is 8.54. The van der Waals surface area contributed by atoms with Crippen molar-refractivity contribution in [1.29, 1.82) is 0 Å². The smallest absolute Gasteiger partial charge is 0.407 e. The van der Waals surface area contributed by atoms with Gasteiger partial charge in [-0.1, -0.05) is 41.9 Å². The van der Waals surface area contributed by atoms with E-state index in [1.54, 1.807) is 18.2 Å². The fourth-order valence-electron chi connectivity index (χ4n) is 1.64. The SMILES string of the molecule is C=CCOC(=O)NC(CCC(=O)O)c1ccc(Cl)c(Cl)c1. The number of nitrogens with one attached hydrogen (secondary N) is 1. The fourth-order valence-corrected chi connectivity index (χ4v) is 1.94. The van der Waals surface area contributed by atoms with Crippen LogP contribution >= 0.6 is 23.2 Å². The number of aliphatic carboxylic acids is 1. The Labute approximate surface area is 132 Å². The van der Waals surface area contributed by atoms with E-state index in [1.807, 2.05) is 0 Å². The first-order chi connectivity index (χ1) is 9.93. The standard InChI is InChI=1S/C14H15Cl2NO4/c1-2-7-21-14(20)17-12(5-6-13(18)19)9-3-4-10(15)11(16)8-9/h2-4,8,12H,1,5-7H2,(H,17,20)(H,18,19). The Kier molecular flexibility index (Phi) is 7.05. The van der Waals surface area contributed by atoms with Crippen molar-refractivity contribution in [1.82, 2.24) is 5.32 Å². The molecular weight excluding hydrogens is 317 g/mol. The Bertz CT molecular complexity index is 534. The first-order valence-corrected chi connectivity index (χ1v) is 6.90. The van der Waals surface area contributed by atoms with Crippen LogP contribution in [0.4, 0.5) is 4.79 Å². The Morgan fingerprint density at radius 2 is 2.10 bits per heavy atom. The van der Waals surface area contributed by atoms with E-state index in [0.29, 0.717) is 15.6 Å². The summed E-state index contributed by atoms with van der Waals surface area (Å²) in [7, 11) is 0. The third kappa shape index (κ3) is 6.06. The number of amides is 1. The minimum Gasteiger partial charge on any atom is -0.481 e. The van der Waals surface area contributed by atoms with Gasteiger partial charge < -0.3 is 15.2 Å². The average molecular weight is 332 g/mol. The molecule has 1 aromatic carbocycles. The zero-order valence-corrected chi connectivity index (χ0v) is 12.7. The average Bonchev–Trinajstić information content (AvgIpc) is 2.44. The lowest BCUT2D eigenvalue weighted by Gasteiger charge is -2.18. The molecule has 1 atom stereocenters. The molecule has 0 bridgehead atoms. The largest absolute Gasteiger partial charge is 0.481 e. The number of benzene rings is 1. The Morgan fingerprint density at radius 3 is 2.67 bits per heavy atom. The third-order valence-electron chi connectivity index (χ3n) is 2.62. The molecule has 0 heterocycles. The summed E-state index contributed by atoms with van der Waals surface area (Å²) in [5.41, 5.74) is 0.654. The summed E-state index contributed by atoms with van der Waals surface area (Å²) in [6.45, 7) is 3.50. The molecule has 0 radical (unpaired) electrons. The summed E-state index contributed by atoms with van der Waals surface area (Å²) in [6.07, 6.45) is 0.880. The van der Waals surface area contributed by atoms with Crippen LogP contribution in [0.25, 0.3) is 0 Å². The molecule has 0 saturated heterocycles. The van der Waals surface area contributed by atoms with E-state index in [-0.39, 0.29) is 19.4 Å². The highest BCUT2D eigenvalue weighted by Gasteiger charge is 2.17. The molecule has 0 saturated carbocycles. The second-order valence-corrected chi connectivity index (χ2v) is 5.00. The van der Waals surface area contributed by atoms with Gasteiger partial charge in [0.1, 0.15) is 6.61 Å². The quantitative estimate of drug-likeness (QED) is 0.745. The number of alkyl carbamates (subject to hydrolysis) is 1. The molecule has 0 aliphatic carbocycles. The van der Waals surface area contributed by atoms with Crippen molar-refractivity contribution < 1.29 is 19.4 Å². The number of halogens is 2. The van der Waals surface area contributed by atoms with Gasteiger partial charge in [-0.05, 0) is 24.1 Å². The summed E-state index contributed by atoms with van der Waals surface area (Å²) in [4.78, 5) is 22.3. The van der Waals surface area contributed by atoms with E-state index in [2.05, 4.69) is 11.9 Å². The van der Waals surface area contributed by atoms with Crippen LogP contribution in [0.5, 0.6) is 0 Å². The van der Waals surface area contributed by atoms with Crippen molar-refractivity contribution in [3.63, 3.8) is 0 Å². The van der Waals surface area contributed by atoms with Gasteiger partial charge in [-0.25, -0.2) is 4.79 Å². The molecule has 0 aromatic heterocycles. The molecule has 0 aliphatic heterocycles. The van der Waals surface area contributed by atoms with Gasteiger partial charge in [0.2, 0.25) is 0 Å². The number of carboxylic acids is 1. The molecule has 7 heteroatoms. The topological polar surface area (TPSA) is 75.6 Å². The zero-order valence-electron chi connectivity index (χ0n) is 11.1. The Balaban J connectivity index is 2.84. The number of ether oxygens (including phenoxy) is 1. The first-order valence-electron chi connectivity index (χ1n) is 6.15. The molecule has 21 heavy (non-hydrogen) atoms. The highest BCUT2D eigenvalue weighted by molar-refractivity contribution is 6.42. The minimum absolute atomic E-state index is 0.0683. The van der Waals surface area contributed by atoms with Crippen LogP contribution in [0.15, 0.2) is 30.9 Å². The number of carboxylic acid groups (broad SMARTS) is 1.